The number of hydrogen-bond acceptors (Lipinski definition) is 6. The largest absolute Gasteiger partial charge is 0.503 e. The first-order chi connectivity index (χ1) is 14.9. The van der Waals surface area contributed by atoms with Crippen molar-refractivity contribution in [2.45, 2.75) is 13.0 Å². The summed E-state index contributed by atoms with van der Waals surface area (Å²) in [4.78, 5) is 33.1. The number of aliphatic hydroxyl groups excluding tert-OH is 1. The van der Waals surface area contributed by atoms with Gasteiger partial charge in [-0.05, 0) is 53.8 Å². The molecule has 154 valence electrons. The number of benzene rings is 2. The molecule has 4 aromatic rings. The molecule has 5 nitrogen and oxygen atoms in total. The van der Waals surface area contributed by atoms with E-state index < -0.39 is 17.7 Å². The Hall–Kier alpha value is -2.81. The van der Waals surface area contributed by atoms with Crippen LogP contribution < -0.4 is 4.90 Å². The lowest BCUT2D eigenvalue weighted by Gasteiger charge is -2.24. The molecule has 0 unspecified atom stereocenters. The molecule has 31 heavy (non-hydrogen) atoms. The lowest BCUT2D eigenvalue weighted by molar-refractivity contribution is -0.117. The highest BCUT2D eigenvalue weighted by molar-refractivity contribution is 9.10. The molecule has 2 aromatic carbocycles. The Labute approximate surface area is 194 Å². The number of hydrogen-bond donors (Lipinski definition) is 1. The number of nitrogens with zero attached hydrogens (tertiary/aromatic N) is 2. The number of aryl methyl sites for hydroxylation is 1. The average molecular weight is 511 g/mol. The molecule has 2 aromatic heterocycles. The molecule has 3 heterocycles. The van der Waals surface area contributed by atoms with E-state index in [-0.39, 0.29) is 11.4 Å². The Morgan fingerprint density at radius 2 is 2.00 bits per heavy atom. The molecule has 1 N–H and O–H groups in total. The van der Waals surface area contributed by atoms with Gasteiger partial charge in [-0.3, -0.25) is 14.5 Å². The van der Waals surface area contributed by atoms with Crippen molar-refractivity contribution in [3.8, 4) is 0 Å². The Bertz CT molecular complexity index is 1370. The molecular formula is C23H15BrN2O3S2. The van der Waals surface area contributed by atoms with E-state index >= 15 is 0 Å². The maximum atomic E-state index is 13.3. The number of rotatable bonds is 4. The number of aliphatic hydroxyl groups is 1. The van der Waals surface area contributed by atoms with E-state index in [0.29, 0.717) is 15.6 Å². The van der Waals surface area contributed by atoms with Crippen LogP contribution in [0.3, 0.4) is 0 Å². The second kappa shape index (κ2) is 7.71. The monoisotopic (exact) mass is 510 g/mol. The van der Waals surface area contributed by atoms with Crippen LogP contribution >= 0.6 is 38.6 Å². The summed E-state index contributed by atoms with van der Waals surface area (Å²) in [7, 11) is 0. The fourth-order valence-corrected chi connectivity index (χ4v) is 5.88. The number of halogens is 1. The molecule has 5 rings (SSSR count). The van der Waals surface area contributed by atoms with Crippen LogP contribution in [0.4, 0.5) is 5.13 Å². The van der Waals surface area contributed by atoms with Gasteiger partial charge in [0.25, 0.3) is 5.91 Å². The molecule has 8 heteroatoms. The number of carbonyl (C=O) groups is 2. The van der Waals surface area contributed by atoms with Gasteiger partial charge in [-0.1, -0.05) is 51.5 Å². The zero-order valence-corrected chi connectivity index (χ0v) is 19.4. The fraction of sp³-hybridized carbons (Fsp3) is 0.0870. The second-order valence-electron chi connectivity index (χ2n) is 7.17. The van der Waals surface area contributed by atoms with Gasteiger partial charge in [0, 0.05) is 4.47 Å². The van der Waals surface area contributed by atoms with Gasteiger partial charge >= 0.3 is 0 Å². The van der Waals surface area contributed by atoms with Crippen LogP contribution in [0, 0.1) is 6.92 Å². The zero-order chi connectivity index (χ0) is 21.7. The van der Waals surface area contributed by atoms with E-state index in [1.54, 1.807) is 17.5 Å². The van der Waals surface area contributed by atoms with Crippen LogP contribution in [-0.2, 0) is 4.79 Å². The maximum Gasteiger partial charge on any atom is 0.296 e. The van der Waals surface area contributed by atoms with Crippen molar-refractivity contribution in [2.75, 3.05) is 4.90 Å². The molecule has 0 saturated heterocycles. The number of thiophene rings is 1. The van der Waals surface area contributed by atoms with Crippen molar-refractivity contribution in [1.82, 2.24) is 4.98 Å². The summed E-state index contributed by atoms with van der Waals surface area (Å²) in [5, 5.41) is 13.1. The Morgan fingerprint density at radius 1 is 1.16 bits per heavy atom. The molecule has 1 aliphatic heterocycles. The highest BCUT2D eigenvalue weighted by Gasteiger charge is 2.46. The second-order valence-corrected chi connectivity index (χ2v) is 10.0. The predicted molar refractivity (Wildman–Crippen MR) is 127 cm³/mol. The smallest absolute Gasteiger partial charge is 0.296 e. The number of thiazole rings is 1. The van der Waals surface area contributed by atoms with Crippen LogP contribution in [0.2, 0.25) is 0 Å². The quantitative estimate of drug-likeness (QED) is 0.331. The number of ketones is 1. The number of amides is 1. The van der Waals surface area contributed by atoms with Crippen molar-refractivity contribution in [3.63, 3.8) is 0 Å². The number of aromatic nitrogens is 1. The van der Waals surface area contributed by atoms with Crippen molar-refractivity contribution >= 4 is 65.6 Å². The SMILES string of the molecule is Cc1ccc2nc(N3C(=O)C(O)=C(C(=O)c4cccs4)[C@@H]3c3cccc(Br)c3)sc2c1. The average Bonchev–Trinajstić information content (AvgIpc) is 3.46. The highest BCUT2D eigenvalue weighted by atomic mass is 79.9. The third-order valence-corrected chi connectivity index (χ3v) is 7.48. The van der Waals surface area contributed by atoms with E-state index in [1.807, 2.05) is 49.4 Å². The number of anilines is 1. The summed E-state index contributed by atoms with van der Waals surface area (Å²) >= 11 is 6.11. The summed E-state index contributed by atoms with van der Waals surface area (Å²) in [6, 6.07) is 16.0. The Balaban J connectivity index is 1.70. The summed E-state index contributed by atoms with van der Waals surface area (Å²) in [5.74, 6) is -1.51. The van der Waals surface area contributed by atoms with E-state index in [2.05, 4.69) is 20.9 Å². The van der Waals surface area contributed by atoms with E-state index in [0.717, 1.165) is 20.3 Å². The number of carbonyl (C=O) groups excluding carboxylic acids is 2. The van der Waals surface area contributed by atoms with Gasteiger partial charge in [-0.2, -0.15) is 0 Å². The topological polar surface area (TPSA) is 70.5 Å². The molecule has 0 spiro atoms. The summed E-state index contributed by atoms with van der Waals surface area (Å²) in [6.07, 6.45) is 0. The Kier molecular flexibility index (Phi) is 5.00. The van der Waals surface area contributed by atoms with Crippen molar-refractivity contribution in [1.29, 1.82) is 0 Å². The number of fused-ring (bicyclic) bond motifs is 1. The summed E-state index contributed by atoms with van der Waals surface area (Å²) in [6.45, 7) is 2.00. The van der Waals surface area contributed by atoms with Crippen LogP contribution in [0.1, 0.15) is 26.8 Å². The molecule has 0 saturated carbocycles. The van der Waals surface area contributed by atoms with Gasteiger partial charge in [-0.25, -0.2) is 4.98 Å². The molecule has 1 atom stereocenters. The molecule has 0 fully saturated rings. The van der Waals surface area contributed by atoms with Gasteiger partial charge in [0.1, 0.15) is 0 Å². The van der Waals surface area contributed by atoms with Gasteiger partial charge in [0.15, 0.2) is 10.9 Å². The minimum Gasteiger partial charge on any atom is -0.503 e. The molecule has 1 amide bonds. The lowest BCUT2D eigenvalue weighted by atomic mass is 9.96. The first-order valence-corrected chi connectivity index (χ1v) is 11.9. The van der Waals surface area contributed by atoms with Crippen LogP contribution in [0.5, 0.6) is 0 Å². The zero-order valence-electron chi connectivity index (χ0n) is 16.2. The molecule has 0 radical (unpaired) electrons. The normalized spacial score (nSPS) is 16.5. The molecule has 1 aliphatic rings. The van der Waals surface area contributed by atoms with E-state index in [1.165, 1.54) is 27.6 Å². The molecular weight excluding hydrogens is 496 g/mol. The predicted octanol–water partition coefficient (Wildman–Crippen LogP) is 6.21. The standard InChI is InChI=1S/C23H15BrN2O3S2/c1-12-7-8-15-17(10-12)31-23(25-15)26-19(13-4-2-5-14(24)11-13)18(21(28)22(26)29)20(27)16-6-3-9-30-16/h2-11,19,28H,1H3/t19-/m0/s1. The fourth-order valence-electron chi connectivity index (χ4n) is 3.69. The molecule has 0 aliphatic carbocycles. The maximum absolute atomic E-state index is 13.3. The third-order valence-electron chi connectivity index (χ3n) is 5.10. The summed E-state index contributed by atoms with van der Waals surface area (Å²) in [5.41, 5.74) is 2.64. The van der Waals surface area contributed by atoms with Crippen LogP contribution in [0.15, 0.2) is 75.8 Å². The van der Waals surface area contributed by atoms with Gasteiger partial charge in [0.05, 0.1) is 26.7 Å². The van der Waals surface area contributed by atoms with Gasteiger partial charge < -0.3 is 5.11 Å². The van der Waals surface area contributed by atoms with Gasteiger partial charge in [-0.15, -0.1) is 11.3 Å². The van der Waals surface area contributed by atoms with Crippen LogP contribution in [0.25, 0.3) is 10.2 Å². The van der Waals surface area contributed by atoms with Gasteiger partial charge in [0.2, 0.25) is 5.78 Å². The van der Waals surface area contributed by atoms with E-state index in [9.17, 15) is 14.7 Å². The first kappa shape index (κ1) is 20.1. The van der Waals surface area contributed by atoms with Crippen LogP contribution in [-0.4, -0.2) is 21.8 Å². The molecule has 0 bridgehead atoms. The lowest BCUT2D eigenvalue weighted by Crippen LogP contribution is -2.30. The minimum atomic E-state index is -0.777. The Morgan fingerprint density at radius 3 is 2.74 bits per heavy atom. The summed E-state index contributed by atoms with van der Waals surface area (Å²) < 4.78 is 1.75. The van der Waals surface area contributed by atoms with E-state index in [4.69, 9.17) is 0 Å². The number of Topliss-reactive ketones (excluding diaryl/α,β-unsaturated/α-hetero) is 1. The third kappa shape index (κ3) is 3.40. The van der Waals surface area contributed by atoms with Crippen molar-refractivity contribution < 1.29 is 14.7 Å². The van der Waals surface area contributed by atoms with Crippen molar-refractivity contribution in [2.24, 2.45) is 0 Å². The minimum absolute atomic E-state index is 0.0704. The highest BCUT2D eigenvalue weighted by Crippen LogP contribution is 2.44. The van der Waals surface area contributed by atoms with Crippen molar-refractivity contribution in [3.05, 3.63) is 91.8 Å². The first-order valence-electron chi connectivity index (χ1n) is 9.41.